The highest BCUT2D eigenvalue weighted by molar-refractivity contribution is 5.95. The van der Waals surface area contributed by atoms with E-state index in [9.17, 15) is 19.1 Å². The number of benzene rings is 2. The topological polar surface area (TPSA) is 88.3 Å². The zero-order valence-electron chi connectivity index (χ0n) is 14.1. The highest BCUT2D eigenvalue weighted by Gasteiger charge is 2.35. The van der Waals surface area contributed by atoms with Crippen molar-refractivity contribution in [3.05, 3.63) is 77.4 Å². The Morgan fingerprint density at radius 2 is 1.78 bits per heavy atom. The summed E-state index contributed by atoms with van der Waals surface area (Å²) in [5.41, 5.74) is 2.41. The van der Waals surface area contributed by atoms with Gasteiger partial charge in [0.15, 0.2) is 5.69 Å². The molecule has 0 radical (unpaired) electrons. The highest BCUT2D eigenvalue weighted by Crippen LogP contribution is 2.25. The van der Waals surface area contributed by atoms with E-state index in [-0.39, 0.29) is 24.5 Å². The van der Waals surface area contributed by atoms with Crippen molar-refractivity contribution in [2.24, 2.45) is 0 Å². The van der Waals surface area contributed by atoms with Crippen LogP contribution >= 0.6 is 0 Å². The molecule has 3 aromatic rings. The van der Waals surface area contributed by atoms with Gasteiger partial charge in [0.25, 0.3) is 5.91 Å². The molecule has 1 unspecified atom stereocenters. The number of aliphatic carboxylic acids is 1. The molecule has 2 aromatic carbocycles. The molecule has 0 bridgehead atoms. The Morgan fingerprint density at radius 1 is 1.07 bits per heavy atom. The summed E-state index contributed by atoms with van der Waals surface area (Å²) in [5.74, 6) is -1.96. The Morgan fingerprint density at radius 3 is 2.48 bits per heavy atom. The zero-order valence-corrected chi connectivity index (χ0v) is 14.1. The number of hydrogen-bond acceptors (Lipinski definition) is 4. The lowest BCUT2D eigenvalue weighted by atomic mass is 9.94. The van der Waals surface area contributed by atoms with Gasteiger partial charge >= 0.3 is 5.97 Å². The number of carbonyl (C=O) groups is 2. The van der Waals surface area contributed by atoms with E-state index in [1.54, 1.807) is 0 Å². The van der Waals surface area contributed by atoms with E-state index < -0.39 is 17.9 Å². The molecule has 0 spiro atoms. The molecule has 0 fully saturated rings. The summed E-state index contributed by atoms with van der Waals surface area (Å²) in [5, 5.41) is 17.3. The quantitative estimate of drug-likeness (QED) is 0.767. The van der Waals surface area contributed by atoms with Crippen molar-refractivity contribution in [1.29, 1.82) is 0 Å². The SMILES string of the molecule is O=C(O)C1Cc2ccccc2CN1C(=O)c1cn(-c2ccc(F)cc2)nn1. The van der Waals surface area contributed by atoms with Crippen molar-refractivity contribution in [2.45, 2.75) is 19.0 Å². The predicted molar refractivity (Wildman–Crippen MR) is 92.8 cm³/mol. The number of fused-ring (bicyclic) bond motifs is 1. The normalized spacial score (nSPS) is 16.0. The van der Waals surface area contributed by atoms with Gasteiger partial charge in [-0.25, -0.2) is 13.9 Å². The summed E-state index contributed by atoms with van der Waals surface area (Å²) in [6.45, 7) is 0.190. The van der Waals surface area contributed by atoms with Crippen LogP contribution in [0, 0.1) is 5.82 Å². The molecular formula is C19H15FN4O3. The molecule has 1 aromatic heterocycles. The number of halogens is 1. The van der Waals surface area contributed by atoms with Gasteiger partial charge in [-0.2, -0.15) is 0 Å². The first-order valence-corrected chi connectivity index (χ1v) is 8.32. The maximum absolute atomic E-state index is 13.1. The molecule has 2 heterocycles. The van der Waals surface area contributed by atoms with Crippen LogP contribution in [0.3, 0.4) is 0 Å². The maximum atomic E-state index is 13.1. The van der Waals surface area contributed by atoms with Crippen LogP contribution in [0.5, 0.6) is 0 Å². The number of carboxylic acids is 1. The van der Waals surface area contributed by atoms with Crippen LogP contribution in [0.2, 0.25) is 0 Å². The van der Waals surface area contributed by atoms with Gasteiger partial charge in [0.1, 0.15) is 11.9 Å². The molecule has 1 aliphatic heterocycles. The van der Waals surface area contributed by atoms with Gasteiger partial charge in [-0.3, -0.25) is 4.79 Å². The lowest BCUT2D eigenvalue weighted by Crippen LogP contribution is -2.48. The highest BCUT2D eigenvalue weighted by atomic mass is 19.1. The summed E-state index contributed by atoms with van der Waals surface area (Å²) < 4.78 is 14.4. The molecular weight excluding hydrogens is 351 g/mol. The molecule has 8 heteroatoms. The molecule has 0 saturated heterocycles. The van der Waals surface area contributed by atoms with Gasteiger partial charge in [0.2, 0.25) is 0 Å². The Bertz CT molecular complexity index is 1020. The number of hydrogen-bond donors (Lipinski definition) is 1. The fourth-order valence-electron chi connectivity index (χ4n) is 3.19. The number of aromatic nitrogens is 3. The fraction of sp³-hybridized carbons (Fsp3) is 0.158. The van der Waals surface area contributed by atoms with Gasteiger partial charge in [-0.1, -0.05) is 29.5 Å². The summed E-state index contributed by atoms with van der Waals surface area (Å²) in [6.07, 6.45) is 1.65. The second-order valence-electron chi connectivity index (χ2n) is 6.28. The molecule has 27 heavy (non-hydrogen) atoms. The molecule has 1 aliphatic rings. The monoisotopic (exact) mass is 366 g/mol. The summed E-state index contributed by atoms with van der Waals surface area (Å²) >= 11 is 0. The third-order valence-electron chi connectivity index (χ3n) is 4.60. The van der Waals surface area contributed by atoms with Crippen molar-refractivity contribution in [3.8, 4) is 5.69 Å². The second-order valence-corrected chi connectivity index (χ2v) is 6.28. The third kappa shape index (κ3) is 3.17. The van der Waals surface area contributed by atoms with Crippen molar-refractivity contribution >= 4 is 11.9 Å². The van der Waals surface area contributed by atoms with Gasteiger partial charge in [0, 0.05) is 13.0 Å². The largest absolute Gasteiger partial charge is 0.480 e. The van der Waals surface area contributed by atoms with E-state index in [0.29, 0.717) is 5.69 Å². The average molecular weight is 366 g/mol. The van der Waals surface area contributed by atoms with Crippen molar-refractivity contribution in [2.75, 3.05) is 0 Å². The summed E-state index contributed by atoms with van der Waals surface area (Å²) in [6, 6.07) is 12.1. The number of amides is 1. The number of nitrogens with zero attached hydrogens (tertiary/aromatic N) is 4. The number of rotatable bonds is 3. The summed E-state index contributed by atoms with van der Waals surface area (Å²) in [7, 11) is 0. The van der Waals surface area contributed by atoms with E-state index in [0.717, 1.165) is 11.1 Å². The Kier molecular flexibility index (Phi) is 4.15. The minimum absolute atomic E-state index is 0.0324. The second kappa shape index (κ2) is 6.64. The Balaban J connectivity index is 1.63. The van der Waals surface area contributed by atoms with E-state index in [1.165, 1.54) is 40.0 Å². The Labute approximate surface area is 153 Å². The predicted octanol–water partition coefficient (Wildman–Crippen LogP) is 2.06. The van der Waals surface area contributed by atoms with Gasteiger partial charge in [-0.05, 0) is 35.4 Å². The molecule has 4 rings (SSSR count). The van der Waals surface area contributed by atoms with Crippen LogP contribution in [0.15, 0.2) is 54.7 Å². The van der Waals surface area contributed by atoms with Crippen LogP contribution < -0.4 is 0 Å². The van der Waals surface area contributed by atoms with Crippen LogP contribution in [0.4, 0.5) is 4.39 Å². The Hall–Kier alpha value is -3.55. The van der Waals surface area contributed by atoms with Crippen molar-refractivity contribution in [1.82, 2.24) is 19.9 Å². The lowest BCUT2D eigenvalue weighted by molar-refractivity contribution is -0.142. The van der Waals surface area contributed by atoms with Gasteiger partial charge in [0.05, 0.1) is 11.9 Å². The first-order valence-electron chi connectivity index (χ1n) is 8.32. The van der Waals surface area contributed by atoms with E-state index >= 15 is 0 Å². The van der Waals surface area contributed by atoms with Crippen LogP contribution in [-0.2, 0) is 17.8 Å². The van der Waals surface area contributed by atoms with E-state index in [2.05, 4.69) is 10.3 Å². The molecule has 1 atom stereocenters. The van der Waals surface area contributed by atoms with Crippen LogP contribution in [0.1, 0.15) is 21.6 Å². The maximum Gasteiger partial charge on any atom is 0.326 e. The lowest BCUT2D eigenvalue weighted by Gasteiger charge is -2.33. The van der Waals surface area contributed by atoms with Crippen molar-refractivity contribution < 1.29 is 19.1 Å². The van der Waals surface area contributed by atoms with E-state index in [1.807, 2.05) is 24.3 Å². The smallest absolute Gasteiger partial charge is 0.326 e. The van der Waals surface area contributed by atoms with Crippen LogP contribution in [-0.4, -0.2) is 42.9 Å². The molecule has 0 saturated carbocycles. The first kappa shape index (κ1) is 16.9. The first-order chi connectivity index (χ1) is 13.0. The number of carboxylic acid groups (broad SMARTS) is 1. The standard InChI is InChI=1S/C19H15FN4O3/c20-14-5-7-15(8-6-14)24-11-16(21-22-24)18(25)23-10-13-4-2-1-3-12(13)9-17(23)19(26)27/h1-8,11,17H,9-10H2,(H,26,27). The van der Waals surface area contributed by atoms with Gasteiger partial charge in [-0.15, -0.1) is 5.10 Å². The average Bonchev–Trinajstić information content (AvgIpc) is 3.17. The molecule has 1 amide bonds. The minimum atomic E-state index is -1.07. The number of carbonyl (C=O) groups excluding carboxylic acids is 1. The molecule has 1 N–H and O–H groups in total. The fourth-order valence-corrected chi connectivity index (χ4v) is 3.19. The van der Waals surface area contributed by atoms with E-state index in [4.69, 9.17) is 0 Å². The van der Waals surface area contributed by atoms with Crippen LogP contribution in [0.25, 0.3) is 5.69 Å². The zero-order chi connectivity index (χ0) is 19.0. The molecule has 7 nitrogen and oxygen atoms in total. The minimum Gasteiger partial charge on any atom is -0.480 e. The summed E-state index contributed by atoms with van der Waals surface area (Å²) in [4.78, 5) is 25.9. The molecule has 136 valence electrons. The third-order valence-corrected chi connectivity index (χ3v) is 4.60. The molecule has 0 aliphatic carbocycles. The van der Waals surface area contributed by atoms with Crippen molar-refractivity contribution in [3.63, 3.8) is 0 Å². The van der Waals surface area contributed by atoms with Gasteiger partial charge < -0.3 is 10.0 Å².